The topological polar surface area (TPSA) is 0 Å². The molecule has 0 saturated heterocycles. The molecule has 62 valence electrons. The SMILES string of the molecule is C[C-]1CCCC(C)(C)C1.[I-].[Mg+2]. The van der Waals surface area contributed by atoms with Crippen LogP contribution in [0.25, 0.3) is 0 Å². The van der Waals surface area contributed by atoms with E-state index in [1.807, 2.05) is 0 Å². The maximum atomic E-state index is 2.37. The van der Waals surface area contributed by atoms with E-state index in [9.17, 15) is 0 Å². The standard InChI is InChI=1S/C9H17.HI.Mg/c1-8-5-4-6-9(2,3)7-8;;/h4-7H2,1-3H3;1H;/q-1;;+2/p-1. The van der Waals surface area contributed by atoms with E-state index in [1.165, 1.54) is 25.7 Å². The van der Waals surface area contributed by atoms with Crippen LogP contribution in [-0.2, 0) is 0 Å². The van der Waals surface area contributed by atoms with Crippen LogP contribution in [0.4, 0.5) is 0 Å². The van der Waals surface area contributed by atoms with Crippen molar-refractivity contribution in [2.75, 3.05) is 0 Å². The van der Waals surface area contributed by atoms with Crippen LogP contribution >= 0.6 is 0 Å². The molecule has 0 amide bonds. The van der Waals surface area contributed by atoms with E-state index in [-0.39, 0.29) is 47.0 Å². The van der Waals surface area contributed by atoms with Gasteiger partial charge in [0.25, 0.3) is 0 Å². The summed E-state index contributed by atoms with van der Waals surface area (Å²) in [5, 5.41) is 0. The van der Waals surface area contributed by atoms with Crippen LogP contribution in [0.5, 0.6) is 0 Å². The van der Waals surface area contributed by atoms with Gasteiger partial charge >= 0.3 is 23.1 Å². The molecule has 0 unspecified atom stereocenters. The summed E-state index contributed by atoms with van der Waals surface area (Å²) in [5.74, 6) is 1.70. The van der Waals surface area contributed by atoms with Crippen LogP contribution in [-0.4, -0.2) is 23.1 Å². The molecule has 1 fully saturated rings. The Labute approximate surface area is 104 Å². The van der Waals surface area contributed by atoms with Gasteiger partial charge in [-0.3, -0.25) is 0 Å². The van der Waals surface area contributed by atoms with Crippen molar-refractivity contribution in [2.45, 2.75) is 46.5 Å². The van der Waals surface area contributed by atoms with E-state index >= 15 is 0 Å². The van der Waals surface area contributed by atoms with Crippen LogP contribution in [0.15, 0.2) is 0 Å². The fourth-order valence-corrected chi connectivity index (χ4v) is 1.86. The van der Waals surface area contributed by atoms with Crippen molar-refractivity contribution in [3.8, 4) is 0 Å². The Hall–Kier alpha value is 1.50. The monoisotopic (exact) mass is 276 g/mol. The van der Waals surface area contributed by atoms with Gasteiger partial charge in [0.2, 0.25) is 0 Å². The molecule has 1 saturated carbocycles. The van der Waals surface area contributed by atoms with Crippen molar-refractivity contribution < 1.29 is 24.0 Å². The van der Waals surface area contributed by atoms with Gasteiger partial charge in [-0.2, -0.15) is 19.8 Å². The third kappa shape index (κ3) is 5.69. The van der Waals surface area contributed by atoms with E-state index in [0.717, 1.165) is 0 Å². The van der Waals surface area contributed by atoms with Crippen molar-refractivity contribution in [3.63, 3.8) is 0 Å². The van der Waals surface area contributed by atoms with Crippen LogP contribution in [0.1, 0.15) is 46.5 Å². The summed E-state index contributed by atoms with van der Waals surface area (Å²) in [6.07, 6.45) is 5.57. The van der Waals surface area contributed by atoms with Gasteiger partial charge in [0.15, 0.2) is 0 Å². The molecule has 0 N–H and O–H groups in total. The molecule has 0 heterocycles. The number of hydrogen-bond acceptors (Lipinski definition) is 0. The van der Waals surface area contributed by atoms with Crippen molar-refractivity contribution >= 4 is 23.1 Å². The van der Waals surface area contributed by atoms with Crippen LogP contribution in [0.3, 0.4) is 0 Å². The molecule has 1 rings (SSSR count). The van der Waals surface area contributed by atoms with Crippen molar-refractivity contribution in [1.29, 1.82) is 0 Å². The summed E-state index contributed by atoms with van der Waals surface area (Å²) in [4.78, 5) is 0. The van der Waals surface area contributed by atoms with Gasteiger partial charge in [0, 0.05) is 0 Å². The van der Waals surface area contributed by atoms with Crippen molar-refractivity contribution in [1.82, 2.24) is 0 Å². The number of hydrogen-bond donors (Lipinski definition) is 0. The summed E-state index contributed by atoms with van der Waals surface area (Å²) >= 11 is 0. The third-order valence-corrected chi connectivity index (χ3v) is 2.24. The Kier molecular flexibility index (Phi) is 8.21. The summed E-state index contributed by atoms with van der Waals surface area (Å²) in [7, 11) is 0. The van der Waals surface area contributed by atoms with E-state index in [2.05, 4.69) is 20.8 Å². The van der Waals surface area contributed by atoms with Crippen LogP contribution in [0.2, 0.25) is 0 Å². The number of rotatable bonds is 0. The average Bonchev–Trinajstić information content (AvgIpc) is 1.60. The van der Waals surface area contributed by atoms with Gasteiger partial charge in [-0.15, -0.1) is 0 Å². The molecule has 11 heavy (non-hydrogen) atoms. The Morgan fingerprint density at radius 3 is 2.09 bits per heavy atom. The Morgan fingerprint density at radius 2 is 1.82 bits per heavy atom. The summed E-state index contributed by atoms with van der Waals surface area (Å²) in [6.45, 7) is 7.03. The van der Waals surface area contributed by atoms with Gasteiger partial charge < -0.3 is 29.9 Å². The summed E-state index contributed by atoms with van der Waals surface area (Å²) in [5.41, 5.74) is 0.613. The molecule has 0 aromatic heterocycles. The maximum absolute atomic E-state index is 2.37. The molecule has 1 aliphatic rings. The smallest absolute Gasteiger partial charge is 1.00 e. The zero-order valence-electron chi connectivity index (χ0n) is 7.91. The maximum Gasteiger partial charge on any atom is 2.00 e. The van der Waals surface area contributed by atoms with Gasteiger partial charge in [0.05, 0.1) is 0 Å². The van der Waals surface area contributed by atoms with Crippen molar-refractivity contribution in [2.24, 2.45) is 5.41 Å². The molecule has 0 aromatic rings. The van der Waals surface area contributed by atoms with E-state index in [0.29, 0.717) is 5.41 Å². The minimum absolute atomic E-state index is 0. The van der Waals surface area contributed by atoms with Gasteiger partial charge in [0.1, 0.15) is 0 Å². The Balaban J connectivity index is 0. The first kappa shape index (κ1) is 15.0. The molecule has 0 bridgehead atoms. The first-order valence-electron chi connectivity index (χ1n) is 3.91. The second-order valence-corrected chi connectivity index (χ2v) is 4.15. The normalized spacial score (nSPS) is 23.2. The zero-order valence-corrected chi connectivity index (χ0v) is 11.5. The summed E-state index contributed by atoms with van der Waals surface area (Å²) in [6, 6.07) is 0. The van der Waals surface area contributed by atoms with Crippen molar-refractivity contribution in [3.05, 3.63) is 5.92 Å². The molecule has 0 aliphatic heterocycles. The zero-order chi connectivity index (χ0) is 6.91. The first-order valence-corrected chi connectivity index (χ1v) is 3.91. The van der Waals surface area contributed by atoms with Gasteiger partial charge in [-0.25, -0.2) is 0 Å². The molecular formula is C9H17IMg. The molecule has 0 radical (unpaired) electrons. The minimum atomic E-state index is 0. The second-order valence-electron chi connectivity index (χ2n) is 4.15. The molecule has 0 spiro atoms. The molecular weight excluding hydrogens is 259 g/mol. The second kappa shape index (κ2) is 6.03. The third-order valence-electron chi connectivity index (χ3n) is 2.24. The van der Waals surface area contributed by atoms with E-state index < -0.39 is 0 Å². The molecule has 2 heteroatoms. The minimum Gasteiger partial charge on any atom is -1.00 e. The fraction of sp³-hybridized carbons (Fsp3) is 0.889. The largest absolute Gasteiger partial charge is 2.00 e. The molecule has 0 nitrogen and oxygen atoms in total. The average molecular weight is 276 g/mol. The Bertz CT molecular complexity index is 102. The van der Waals surface area contributed by atoms with Gasteiger partial charge in [-0.05, 0) is 0 Å². The fourth-order valence-electron chi connectivity index (χ4n) is 1.86. The molecule has 0 atom stereocenters. The molecule has 1 aliphatic carbocycles. The number of halogens is 1. The molecule has 0 aromatic carbocycles. The van der Waals surface area contributed by atoms with E-state index in [1.54, 1.807) is 5.92 Å². The first-order chi connectivity index (χ1) is 4.10. The quantitative estimate of drug-likeness (QED) is 0.327. The summed E-state index contributed by atoms with van der Waals surface area (Å²) < 4.78 is 0. The van der Waals surface area contributed by atoms with Crippen LogP contribution < -0.4 is 24.0 Å². The predicted octanol–water partition coefficient (Wildman–Crippen LogP) is -0.196. The predicted molar refractivity (Wildman–Crippen MR) is 46.9 cm³/mol. The van der Waals surface area contributed by atoms with Gasteiger partial charge in [-0.1, -0.05) is 32.1 Å². The Morgan fingerprint density at radius 1 is 1.27 bits per heavy atom. The van der Waals surface area contributed by atoms with E-state index in [4.69, 9.17) is 0 Å². The van der Waals surface area contributed by atoms with Crippen LogP contribution in [0, 0.1) is 11.3 Å².